The predicted octanol–water partition coefficient (Wildman–Crippen LogP) is 2.99. The summed E-state index contributed by atoms with van der Waals surface area (Å²) in [5, 5.41) is 10.6. The molecule has 0 bridgehead atoms. The molecule has 0 aliphatic rings. The zero-order valence-electron chi connectivity index (χ0n) is 10.4. The van der Waals surface area contributed by atoms with E-state index < -0.39 is 0 Å². The standard InChI is InChI=1S/C12H17N3OS/c1-4-11(12-13-5-6-17-12)14-7-10-8(2)15-16-9(10)3/h5-6,11,14H,4,7H2,1-3H3. The first-order valence-electron chi connectivity index (χ1n) is 5.77. The van der Waals surface area contributed by atoms with Gasteiger partial charge in [-0.3, -0.25) is 0 Å². The van der Waals surface area contributed by atoms with Gasteiger partial charge in [-0.05, 0) is 20.3 Å². The lowest BCUT2D eigenvalue weighted by molar-refractivity contribution is 0.391. The molecule has 0 radical (unpaired) electrons. The second-order valence-corrected chi connectivity index (χ2v) is 4.94. The van der Waals surface area contributed by atoms with Gasteiger partial charge in [0.05, 0.1) is 11.7 Å². The van der Waals surface area contributed by atoms with E-state index >= 15 is 0 Å². The van der Waals surface area contributed by atoms with Crippen molar-refractivity contribution in [2.45, 2.75) is 39.8 Å². The Morgan fingerprint density at radius 1 is 1.47 bits per heavy atom. The van der Waals surface area contributed by atoms with Gasteiger partial charge in [0, 0.05) is 23.7 Å². The number of nitrogens with zero attached hydrogens (tertiary/aromatic N) is 2. The molecular formula is C12H17N3OS. The fraction of sp³-hybridized carbons (Fsp3) is 0.500. The Labute approximate surface area is 105 Å². The van der Waals surface area contributed by atoms with Gasteiger partial charge in [-0.2, -0.15) is 0 Å². The normalized spacial score (nSPS) is 12.9. The molecule has 17 heavy (non-hydrogen) atoms. The molecule has 2 aromatic rings. The lowest BCUT2D eigenvalue weighted by Gasteiger charge is -2.13. The third kappa shape index (κ3) is 2.73. The van der Waals surface area contributed by atoms with E-state index in [1.54, 1.807) is 11.3 Å². The summed E-state index contributed by atoms with van der Waals surface area (Å²) in [5.74, 6) is 0.893. The van der Waals surface area contributed by atoms with Crippen molar-refractivity contribution in [2.75, 3.05) is 0 Å². The lowest BCUT2D eigenvalue weighted by Crippen LogP contribution is -2.20. The highest BCUT2D eigenvalue weighted by Gasteiger charge is 2.14. The van der Waals surface area contributed by atoms with Crippen molar-refractivity contribution >= 4 is 11.3 Å². The highest BCUT2D eigenvalue weighted by molar-refractivity contribution is 7.09. The first-order valence-corrected chi connectivity index (χ1v) is 6.64. The van der Waals surface area contributed by atoms with Crippen LogP contribution < -0.4 is 5.32 Å². The van der Waals surface area contributed by atoms with Crippen LogP contribution in [0.4, 0.5) is 0 Å². The molecule has 4 nitrogen and oxygen atoms in total. The van der Waals surface area contributed by atoms with Crippen LogP contribution in [0.5, 0.6) is 0 Å². The lowest BCUT2D eigenvalue weighted by atomic mass is 10.1. The van der Waals surface area contributed by atoms with Crippen molar-refractivity contribution in [3.8, 4) is 0 Å². The maximum Gasteiger partial charge on any atom is 0.138 e. The zero-order valence-corrected chi connectivity index (χ0v) is 11.2. The van der Waals surface area contributed by atoms with E-state index in [0.29, 0.717) is 6.04 Å². The Kier molecular flexibility index (Phi) is 3.91. The van der Waals surface area contributed by atoms with E-state index in [2.05, 4.69) is 22.4 Å². The van der Waals surface area contributed by atoms with Gasteiger partial charge < -0.3 is 9.84 Å². The van der Waals surface area contributed by atoms with E-state index in [1.807, 2.05) is 25.4 Å². The smallest absolute Gasteiger partial charge is 0.138 e. The largest absolute Gasteiger partial charge is 0.361 e. The van der Waals surface area contributed by atoms with Crippen molar-refractivity contribution in [1.82, 2.24) is 15.5 Å². The average Bonchev–Trinajstić information content (AvgIpc) is 2.94. The van der Waals surface area contributed by atoms with Gasteiger partial charge in [0.1, 0.15) is 10.8 Å². The summed E-state index contributed by atoms with van der Waals surface area (Å²) in [6, 6.07) is 0.309. The van der Waals surface area contributed by atoms with Gasteiger partial charge in [-0.1, -0.05) is 12.1 Å². The van der Waals surface area contributed by atoms with Gasteiger partial charge in [-0.25, -0.2) is 4.98 Å². The molecule has 0 fully saturated rings. The van der Waals surface area contributed by atoms with Gasteiger partial charge >= 0.3 is 0 Å². The van der Waals surface area contributed by atoms with Crippen molar-refractivity contribution in [3.63, 3.8) is 0 Å². The fourth-order valence-electron chi connectivity index (χ4n) is 1.79. The maximum absolute atomic E-state index is 5.15. The average molecular weight is 251 g/mol. The summed E-state index contributed by atoms with van der Waals surface area (Å²) in [4.78, 5) is 4.35. The molecule has 1 atom stereocenters. The summed E-state index contributed by atoms with van der Waals surface area (Å²) in [7, 11) is 0. The number of aromatic nitrogens is 2. The third-order valence-electron chi connectivity index (χ3n) is 2.86. The third-order valence-corrected chi connectivity index (χ3v) is 3.75. The summed E-state index contributed by atoms with van der Waals surface area (Å²) >= 11 is 1.69. The quantitative estimate of drug-likeness (QED) is 0.887. The van der Waals surface area contributed by atoms with E-state index in [1.165, 1.54) is 0 Å². The topological polar surface area (TPSA) is 51.0 Å². The van der Waals surface area contributed by atoms with Crippen molar-refractivity contribution in [3.05, 3.63) is 33.6 Å². The Morgan fingerprint density at radius 2 is 2.29 bits per heavy atom. The van der Waals surface area contributed by atoms with Gasteiger partial charge in [0.15, 0.2) is 0 Å². The highest BCUT2D eigenvalue weighted by atomic mass is 32.1. The Hall–Kier alpha value is -1.20. The minimum Gasteiger partial charge on any atom is -0.361 e. The predicted molar refractivity (Wildman–Crippen MR) is 68.0 cm³/mol. The maximum atomic E-state index is 5.15. The van der Waals surface area contributed by atoms with Gasteiger partial charge in [-0.15, -0.1) is 11.3 Å². The minimum atomic E-state index is 0.309. The number of rotatable bonds is 5. The summed E-state index contributed by atoms with van der Waals surface area (Å²) in [5.41, 5.74) is 2.11. The van der Waals surface area contributed by atoms with Gasteiger partial charge in [0.25, 0.3) is 0 Å². The summed E-state index contributed by atoms with van der Waals surface area (Å²) < 4.78 is 5.15. The summed E-state index contributed by atoms with van der Waals surface area (Å²) in [6.07, 6.45) is 2.87. The molecule has 0 amide bonds. The Bertz CT molecular complexity index is 445. The van der Waals surface area contributed by atoms with E-state index in [0.717, 1.165) is 35.0 Å². The van der Waals surface area contributed by atoms with Crippen molar-refractivity contribution < 1.29 is 4.52 Å². The molecule has 0 saturated carbocycles. The molecule has 0 spiro atoms. The van der Waals surface area contributed by atoms with E-state index in [4.69, 9.17) is 4.52 Å². The van der Waals surface area contributed by atoms with Crippen LogP contribution in [-0.4, -0.2) is 10.1 Å². The number of thiazole rings is 1. The first-order chi connectivity index (χ1) is 8.22. The number of nitrogens with one attached hydrogen (secondary N) is 1. The Balaban J connectivity index is 2.02. The SMILES string of the molecule is CCC(NCc1c(C)noc1C)c1nccs1. The molecule has 92 valence electrons. The molecule has 0 aliphatic carbocycles. The highest BCUT2D eigenvalue weighted by Crippen LogP contribution is 2.20. The van der Waals surface area contributed by atoms with Crippen LogP contribution in [0, 0.1) is 13.8 Å². The van der Waals surface area contributed by atoms with Crippen LogP contribution in [-0.2, 0) is 6.54 Å². The van der Waals surface area contributed by atoms with Crippen LogP contribution in [0.2, 0.25) is 0 Å². The molecule has 1 N–H and O–H groups in total. The van der Waals surface area contributed by atoms with Crippen LogP contribution >= 0.6 is 11.3 Å². The second-order valence-electron chi connectivity index (χ2n) is 4.01. The van der Waals surface area contributed by atoms with Crippen molar-refractivity contribution in [2.24, 2.45) is 0 Å². The zero-order chi connectivity index (χ0) is 12.3. The fourth-order valence-corrected chi connectivity index (χ4v) is 2.59. The second kappa shape index (κ2) is 5.42. The molecule has 1 unspecified atom stereocenters. The van der Waals surface area contributed by atoms with E-state index in [-0.39, 0.29) is 0 Å². The molecule has 2 heterocycles. The van der Waals surface area contributed by atoms with Gasteiger partial charge in [0.2, 0.25) is 0 Å². The first kappa shape index (κ1) is 12.3. The van der Waals surface area contributed by atoms with Crippen LogP contribution in [0.1, 0.15) is 41.4 Å². The van der Waals surface area contributed by atoms with Crippen molar-refractivity contribution in [1.29, 1.82) is 0 Å². The number of hydrogen-bond donors (Lipinski definition) is 1. The van der Waals surface area contributed by atoms with Crippen LogP contribution in [0.15, 0.2) is 16.1 Å². The molecule has 0 aromatic carbocycles. The molecular weight excluding hydrogens is 234 g/mol. The minimum absolute atomic E-state index is 0.309. The number of hydrogen-bond acceptors (Lipinski definition) is 5. The molecule has 0 saturated heterocycles. The molecule has 0 aliphatic heterocycles. The Morgan fingerprint density at radius 3 is 2.82 bits per heavy atom. The van der Waals surface area contributed by atoms with Crippen LogP contribution in [0.3, 0.4) is 0 Å². The van der Waals surface area contributed by atoms with E-state index in [9.17, 15) is 0 Å². The molecule has 2 aromatic heterocycles. The molecule has 2 rings (SSSR count). The molecule has 5 heteroatoms. The summed E-state index contributed by atoms with van der Waals surface area (Å²) in [6.45, 7) is 6.85. The monoisotopic (exact) mass is 251 g/mol. The number of aryl methyl sites for hydroxylation is 2. The van der Waals surface area contributed by atoms with Crippen LogP contribution in [0.25, 0.3) is 0 Å².